The van der Waals surface area contributed by atoms with E-state index in [1.54, 1.807) is 12.1 Å². The molecule has 1 rings (SSSR count). The normalized spacial score (nSPS) is 12.5. The van der Waals surface area contributed by atoms with Crippen LogP contribution in [0.15, 0.2) is 24.3 Å². The predicted octanol–water partition coefficient (Wildman–Crippen LogP) is 3.63. The molecule has 1 atom stereocenters. The number of hydrogen-bond donors (Lipinski definition) is 0. The van der Waals surface area contributed by atoms with Gasteiger partial charge >= 0.3 is 0 Å². The number of alkyl halides is 1. The van der Waals surface area contributed by atoms with Crippen LogP contribution in [0.1, 0.15) is 13.3 Å². The van der Waals surface area contributed by atoms with Gasteiger partial charge in [-0.25, -0.2) is 4.39 Å². The molecule has 78 valence electrons. The number of hydrogen-bond acceptors (Lipinski definition) is 1. The van der Waals surface area contributed by atoms with Crippen LogP contribution in [0.25, 0.3) is 0 Å². The lowest BCUT2D eigenvalue weighted by atomic mass is 10.1. The smallest absolute Gasteiger partial charge is 0.126 e. The van der Waals surface area contributed by atoms with Crippen LogP contribution in [0.3, 0.4) is 0 Å². The molecule has 0 N–H and O–H groups in total. The Morgan fingerprint density at radius 3 is 2.86 bits per heavy atom. The molecular weight excluding hydrogens is 247 g/mol. The Bertz CT molecular complexity index is 274. The minimum absolute atomic E-state index is 0.255. The van der Waals surface area contributed by atoms with Crippen molar-refractivity contribution in [2.75, 3.05) is 11.9 Å². The number of benzene rings is 1. The van der Waals surface area contributed by atoms with E-state index in [4.69, 9.17) is 4.74 Å². The molecule has 0 aromatic heterocycles. The van der Waals surface area contributed by atoms with E-state index in [0.717, 1.165) is 11.8 Å². The van der Waals surface area contributed by atoms with Crippen molar-refractivity contribution in [1.82, 2.24) is 0 Å². The summed E-state index contributed by atoms with van der Waals surface area (Å²) < 4.78 is 18.2. The highest BCUT2D eigenvalue weighted by Gasteiger charge is 2.05. The zero-order valence-electron chi connectivity index (χ0n) is 8.17. The van der Waals surface area contributed by atoms with Crippen molar-refractivity contribution in [3.63, 3.8) is 0 Å². The fourth-order valence-electron chi connectivity index (χ4n) is 1.04. The van der Waals surface area contributed by atoms with Gasteiger partial charge in [0.05, 0.1) is 6.61 Å². The lowest BCUT2D eigenvalue weighted by Gasteiger charge is -2.12. The first-order chi connectivity index (χ1) is 6.76. The second-order valence-corrected chi connectivity index (χ2v) is 3.84. The average Bonchev–Trinajstić information content (AvgIpc) is 2.19. The molecule has 14 heavy (non-hydrogen) atoms. The quantitative estimate of drug-likeness (QED) is 0.735. The molecule has 0 saturated heterocycles. The fourth-order valence-corrected chi connectivity index (χ4v) is 1.69. The summed E-state index contributed by atoms with van der Waals surface area (Å²) in [5, 5.41) is 0.915. The van der Waals surface area contributed by atoms with Crippen LogP contribution in [0, 0.1) is 11.7 Å². The van der Waals surface area contributed by atoms with E-state index in [2.05, 4.69) is 22.9 Å². The van der Waals surface area contributed by atoms with E-state index >= 15 is 0 Å². The maximum absolute atomic E-state index is 12.8. The molecular formula is C11H14BrFO. The second kappa shape index (κ2) is 6.02. The Balaban J connectivity index is 2.44. The van der Waals surface area contributed by atoms with Crippen molar-refractivity contribution in [3.05, 3.63) is 30.1 Å². The Labute approximate surface area is 92.4 Å². The summed E-state index contributed by atoms with van der Waals surface area (Å²) in [5.74, 6) is 0.831. The number of rotatable bonds is 5. The van der Waals surface area contributed by atoms with Gasteiger partial charge < -0.3 is 4.74 Å². The van der Waals surface area contributed by atoms with Crippen molar-refractivity contribution >= 4 is 15.9 Å². The first-order valence-electron chi connectivity index (χ1n) is 4.70. The minimum atomic E-state index is -0.255. The summed E-state index contributed by atoms with van der Waals surface area (Å²) in [6.07, 6.45) is 1.06. The standard InChI is InChI=1S/C11H14BrFO/c1-2-9(7-12)8-14-11-5-3-4-10(13)6-11/h3-6,9H,2,7-8H2,1H3. The van der Waals surface area contributed by atoms with E-state index in [-0.39, 0.29) is 5.82 Å². The highest BCUT2D eigenvalue weighted by molar-refractivity contribution is 9.09. The molecule has 0 aliphatic carbocycles. The second-order valence-electron chi connectivity index (χ2n) is 3.20. The summed E-state index contributed by atoms with van der Waals surface area (Å²) in [6, 6.07) is 6.24. The summed E-state index contributed by atoms with van der Waals surface area (Å²) >= 11 is 3.41. The SMILES string of the molecule is CCC(CBr)COc1cccc(F)c1. The lowest BCUT2D eigenvalue weighted by Crippen LogP contribution is -2.12. The van der Waals surface area contributed by atoms with Crippen LogP contribution < -0.4 is 4.74 Å². The van der Waals surface area contributed by atoms with Gasteiger partial charge in [0, 0.05) is 17.3 Å². The molecule has 0 aliphatic rings. The molecule has 0 spiro atoms. The Kier molecular flexibility index (Phi) is 4.94. The number of ether oxygens (including phenoxy) is 1. The van der Waals surface area contributed by atoms with Gasteiger partial charge in [-0.2, -0.15) is 0 Å². The molecule has 0 amide bonds. The predicted molar refractivity (Wildman–Crippen MR) is 59.5 cm³/mol. The molecule has 0 saturated carbocycles. The van der Waals surface area contributed by atoms with Crippen molar-refractivity contribution in [1.29, 1.82) is 0 Å². The Morgan fingerprint density at radius 2 is 2.29 bits per heavy atom. The Hall–Kier alpha value is -0.570. The van der Waals surface area contributed by atoms with Crippen molar-refractivity contribution in [2.24, 2.45) is 5.92 Å². The zero-order valence-corrected chi connectivity index (χ0v) is 9.76. The summed E-state index contributed by atoms with van der Waals surface area (Å²) in [4.78, 5) is 0. The Morgan fingerprint density at radius 1 is 1.50 bits per heavy atom. The van der Waals surface area contributed by atoms with Gasteiger partial charge in [-0.1, -0.05) is 28.9 Å². The molecule has 0 bridgehead atoms. The first-order valence-corrected chi connectivity index (χ1v) is 5.82. The van der Waals surface area contributed by atoms with Gasteiger partial charge in [0.15, 0.2) is 0 Å². The molecule has 1 aromatic carbocycles. The van der Waals surface area contributed by atoms with Crippen LogP contribution in [-0.2, 0) is 0 Å². The van der Waals surface area contributed by atoms with E-state index in [0.29, 0.717) is 18.3 Å². The zero-order chi connectivity index (χ0) is 10.4. The molecule has 1 aromatic rings. The molecule has 0 aliphatic heterocycles. The van der Waals surface area contributed by atoms with Crippen LogP contribution in [0.2, 0.25) is 0 Å². The van der Waals surface area contributed by atoms with Crippen LogP contribution in [0.5, 0.6) is 5.75 Å². The van der Waals surface area contributed by atoms with Crippen molar-refractivity contribution in [2.45, 2.75) is 13.3 Å². The maximum atomic E-state index is 12.8. The highest BCUT2D eigenvalue weighted by atomic mass is 79.9. The van der Waals surface area contributed by atoms with Crippen molar-refractivity contribution < 1.29 is 9.13 Å². The van der Waals surface area contributed by atoms with Crippen molar-refractivity contribution in [3.8, 4) is 5.75 Å². The first kappa shape index (κ1) is 11.5. The molecule has 1 unspecified atom stereocenters. The van der Waals surface area contributed by atoms with Crippen LogP contribution >= 0.6 is 15.9 Å². The van der Waals surface area contributed by atoms with E-state index < -0.39 is 0 Å². The fraction of sp³-hybridized carbons (Fsp3) is 0.455. The summed E-state index contributed by atoms with van der Waals surface area (Å²) in [7, 11) is 0. The third-order valence-electron chi connectivity index (χ3n) is 2.08. The van der Waals surface area contributed by atoms with Gasteiger partial charge in [0.1, 0.15) is 11.6 Å². The minimum Gasteiger partial charge on any atom is -0.493 e. The van der Waals surface area contributed by atoms with E-state index in [1.165, 1.54) is 12.1 Å². The third kappa shape index (κ3) is 3.66. The summed E-state index contributed by atoms with van der Waals surface area (Å²) in [5.41, 5.74) is 0. The van der Waals surface area contributed by atoms with Crippen LogP contribution in [-0.4, -0.2) is 11.9 Å². The van der Waals surface area contributed by atoms with Crippen LogP contribution in [0.4, 0.5) is 4.39 Å². The molecule has 0 fully saturated rings. The van der Waals surface area contributed by atoms with Gasteiger partial charge in [0.25, 0.3) is 0 Å². The summed E-state index contributed by atoms with van der Waals surface area (Å²) in [6.45, 7) is 2.74. The lowest BCUT2D eigenvalue weighted by molar-refractivity contribution is 0.259. The number of halogens is 2. The molecule has 0 radical (unpaired) electrons. The third-order valence-corrected chi connectivity index (χ3v) is 2.99. The maximum Gasteiger partial charge on any atom is 0.126 e. The van der Waals surface area contributed by atoms with E-state index in [9.17, 15) is 4.39 Å². The monoisotopic (exact) mass is 260 g/mol. The topological polar surface area (TPSA) is 9.23 Å². The van der Waals surface area contributed by atoms with Gasteiger partial charge in [-0.15, -0.1) is 0 Å². The van der Waals surface area contributed by atoms with Gasteiger partial charge in [-0.05, 0) is 18.6 Å². The molecule has 3 heteroatoms. The van der Waals surface area contributed by atoms with E-state index in [1.807, 2.05) is 0 Å². The van der Waals surface area contributed by atoms with Gasteiger partial charge in [-0.3, -0.25) is 0 Å². The molecule has 1 nitrogen and oxygen atoms in total. The molecule has 0 heterocycles. The average molecular weight is 261 g/mol. The largest absolute Gasteiger partial charge is 0.493 e. The van der Waals surface area contributed by atoms with Gasteiger partial charge in [0.2, 0.25) is 0 Å². The highest BCUT2D eigenvalue weighted by Crippen LogP contribution is 2.14.